The molecule has 1 fully saturated rings. The SMILES string of the molecule is CC(C)(C)OC(=O)n1cnc(C2(O)CNC2)c1. The van der Waals surface area contributed by atoms with Gasteiger partial charge >= 0.3 is 6.09 Å². The highest BCUT2D eigenvalue weighted by atomic mass is 16.6. The number of β-amino-alcohol motifs (C(OH)–C–C–N with tert-alkyl or cyclic N) is 1. The lowest BCUT2D eigenvalue weighted by Gasteiger charge is -2.35. The number of aromatic nitrogens is 2. The van der Waals surface area contributed by atoms with Gasteiger partial charge in [-0.2, -0.15) is 0 Å². The van der Waals surface area contributed by atoms with E-state index in [4.69, 9.17) is 4.74 Å². The summed E-state index contributed by atoms with van der Waals surface area (Å²) in [6.07, 6.45) is 2.38. The first-order valence-electron chi connectivity index (χ1n) is 5.51. The molecule has 0 atom stereocenters. The second kappa shape index (κ2) is 3.82. The lowest BCUT2D eigenvalue weighted by molar-refractivity contribution is -0.0183. The molecule has 94 valence electrons. The van der Waals surface area contributed by atoms with E-state index in [0.29, 0.717) is 18.8 Å². The van der Waals surface area contributed by atoms with E-state index in [0.717, 1.165) is 0 Å². The van der Waals surface area contributed by atoms with Gasteiger partial charge in [0.15, 0.2) is 0 Å². The monoisotopic (exact) mass is 239 g/mol. The molecule has 0 aromatic carbocycles. The van der Waals surface area contributed by atoms with Crippen molar-refractivity contribution < 1.29 is 14.6 Å². The molecular formula is C11H17N3O3. The number of hydrogen-bond donors (Lipinski definition) is 2. The Morgan fingerprint density at radius 3 is 2.71 bits per heavy atom. The molecule has 0 saturated carbocycles. The van der Waals surface area contributed by atoms with Crippen LogP contribution in [0.3, 0.4) is 0 Å². The van der Waals surface area contributed by atoms with E-state index >= 15 is 0 Å². The average molecular weight is 239 g/mol. The Bertz CT molecular complexity index is 429. The Morgan fingerprint density at radius 2 is 2.24 bits per heavy atom. The van der Waals surface area contributed by atoms with E-state index in [-0.39, 0.29) is 0 Å². The van der Waals surface area contributed by atoms with E-state index in [9.17, 15) is 9.90 Å². The van der Waals surface area contributed by atoms with Crippen molar-refractivity contribution in [1.82, 2.24) is 14.9 Å². The summed E-state index contributed by atoms with van der Waals surface area (Å²) in [5.41, 5.74) is -1.01. The summed E-state index contributed by atoms with van der Waals surface area (Å²) in [6, 6.07) is 0. The van der Waals surface area contributed by atoms with Gasteiger partial charge in [-0.25, -0.2) is 14.3 Å². The van der Waals surface area contributed by atoms with Gasteiger partial charge in [-0.3, -0.25) is 0 Å². The van der Waals surface area contributed by atoms with Crippen molar-refractivity contribution in [1.29, 1.82) is 0 Å². The zero-order valence-electron chi connectivity index (χ0n) is 10.2. The van der Waals surface area contributed by atoms with Crippen molar-refractivity contribution in [2.24, 2.45) is 0 Å². The van der Waals surface area contributed by atoms with Crippen molar-refractivity contribution in [2.45, 2.75) is 32.0 Å². The minimum absolute atomic E-state index is 0.457. The Kier molecular flexibility index (Phi) is 2.71. The van der Waals surface area contributed by atoms with E-state index in [2.05, 4.69) is 10.3 Å². The number of nitrogens with one attached hydrogen (secondary N) is 1. The number of rotatable bonds is 1. The number of hydrogen-bond acceptors (Lipinski definition) is 5. The smallest absolute Gasteiger partial charge is 0.419 e. The number of imidazole rings is 1. The van der Waals surface area contributed by atoms with Crippen LogP contribution in [-0.2, 0) is 10.3 Å². The molecule has 1 aromatic heterocycles. The van der Waals surface area contributed by atoms with Crippen LogP contribution in [0.4, 0.5) is 4.79 Å². The quantitative estimate of drug-likeness (QED) is 0.744. The van der Waals surface area contributed by atoms with Gasteiger partial charge in [-0.15, -0.1) is 0 Å². The summed E-state index contributed by atoms with van der Waals surface area (Å²) in [5.74, 6) is 0. The van der Waals surface area contributed by atoms with Crippen LogP contribution in [0.2, 0.25) is 0 Å². The van der Waals surface area contributed by atoms with Crippen LogP contribution < -0.4 is 5.32 Å². The maximum Gasteiger partial charge on any atom is 0.419 e. The lowest BCUT2D eigenvalue weighted by Crippen LogP contribution is -2.57. The van der Waals surface area contributed by atoms with E-state index in [1.807, 2.05) is 0 Å². The van der Waals surface area contributed by atoms with E-state index in [1.165, 1.54) is 17.1 Å². The second-order valence-corrected chi connectivity index (χ2v) is 5.28. The topological polar surface area (TPSA) is 76.4 Å². The Balaban J connectivity index is 2.10. The second-order valence-electron chi connectivity index (χ2n) is 5.28. The van der Waals surface area contributed by atoms with Gasteiger partial charge in [0.25, 0.3) is 0 Å². The van der Waals surface area contributed by atoms with Crippen molar-refractivity contribution in [3.05, 3.63) is 18.2 Å². The van der Waals surface area contributed by atoms with Crippen molar-refractivity contribution in [2.75, 3.05) is 13.1 Å². The van der Waals surface area contributed by atoms with Crippen LogP contribution >= 0.6 is 0 Å². The molecule has 2 N–H and O–H groups in total. The molecule has 0 unspecified atom stereocenters. The summed E-state index contributed by atoms with van der Waals surface area (Å²) in [6.45, 7) is 6.31. The predicted molar refractivity (Wildman–Crippen MR) is 60.6 cm³/mol. The molecule has 0 spiro atoms. The third kappa shape index (κ3) is 2.48. The van der Waals surface area contributed by atoms with E-state index < -0.39 is 17.3 Å². The summed E-state index contributed by atoms with van der Waals surface area (Å²) >= 11 is 0. The fraction of sp³-hybridized carbons (Fsp3) is 0.636. The maximum absolute atomic E-state index is 11.7. The van der Waals surface area contributed by atoms with Crippen LogP contribution in [0.1, 0.15) is 26.5 Å². The molecule has 2 heterocycles. The molecule has 0 aliphatic carbocycles. The van der Waals surface area contributed by atoms with Crippen molar-refractivity contribution >= 4 is 6.09 Å². The third-order valence-electron chi connectivity index (χ3n) is 2.50. The first kappa shape index (κ1) is 12.1. The first-order valence-corrected chi connectivity index (χ1v) is 5.51. The normalized spacial score (nSPS) is 18.6. The average Bonchev–Trinajstić information content (AvgIpc) is 2.60. The minimum Gasteiger partial charge on any atom is -0.443 e. The van der Waals surface area contributed by atoms with Gasteiger partial charge < -0.3 is 15.2 Å². The summed E-state index contributed by atoms with van der Waals surface area (Å²) in [7, 11) is 0. The van der Waals surface area contributed by atoms with Gasteiger partial charge in [-0.05, 0) is 20.8 Å². The number of ether oxygens (including phenoxy) is 1. The lowest BCUT2D eigenvalue weighted by atomic mass is 9.94. The van der Waals surface area contributed by atoms with Crippen LogP contribution in [0.5, 0.6) is 0 Å². The Labute approximate surface area is 99.6 Å². The van der Waals surface area contributed by atoms with Gasteiger partial charge in [0.05, 0.1) is 5.69 Å². The summed E-state index contributed by atoms with van der Waals surface area (Å²) in [5, 5.41) is 13.0. The fourth-order valence-corrected chi connectivity index (χ4v) is 1.52. The number of nitrogens with zero attached hydrogens (tertiary/aromatic N) is 2. The molecule has 1 aliphatic rings. The zero-order chi connectivity index (χ0) is 12.7. The number of carbonyl (C=O) groups excluding carboxylic acids is 1. The standard InChI is InChI=1S/C11H17N3O3/c1-10(2,3)17-9(15)14-4-8(13-7-14)11(16)5-12-6-11/h4,7,12,16H,5-6H2,1-3H3. The minimum atomic E-state index is -0.951. The molecule has 17 heavy (non-hydrogen) atoms. The van der Waals surface area contributed by atoms with Gasteiger partial charge in [0.2, 0.25) is 0 Å². The van der Waals surface area contributed by atoms with Crippen LogP contribution in [0, 0.1) is 0 Å². The van der Waals surface area contributed by atoms with Crippen LogP contribution in [-0.4, -0.2) is 39.4 Å². The number of carbonyl (C=O) groups is 1. The highest BCUT2D eigenvalue weighted by Crippen LogP contribution is 2.23. The molecule has 0 radical (unpaired) electrons. The Hall–Kier alpha value is -1.40. The third-order valence-corrected chi connectivity index (χ3v) is 2.50. The summed E-state index contributed by atoms with van der Waals surface area (Å²) in [4.78, 5) is 15.7. The first-order chi connectivity index (χ1) is 7.80. The van der Waals surface area contributed by atoms with Gasteiger partial charge in [0, 0.05) is 19.3 Å². The molecule has 1 aromatic rings. The molecular weight excluding hydrogens is 222 g/mol. The Morgan fingerprint density at radius 1 is 1.59 bits per heavy atom. The van der Waals surface area contributed by atoms with Gasteiger partial charge in [0.1, 0.15) is 17.5 Å². The van der Waals surface area contributed by atoms with Crippen molar-refractivity contribution in [3.8, 4) is 0 Å². The zero-order valence-corrected chi connectivity index (χ0v) is 10.2. The number of aliphatic hydroxyl groups is 1. The van der Waals surface area contributed by atoms with E-state index in [1.54, 1.807) is 20.8 Å². The summed E-state index contributed by atoms with van der Waals surface area (Å²) < 4.78 is 6.44. The molecule has 0 amide bonds. The van der Waals surface area contributed by atoms with Crippen LogP contribution in [0.15, 0.2) is 12.5 Å². The molecule has 6 nitrogen and oxygen atoms in total. The highest BCUT2D eigenvalue weighted by Gasteiger charge is 2.38. The van der Waals surface area contributed by atoms with Gasteiger partial charge in [-0.1, -0.05) is 0 Å². The molecule has 1 saturated heterocycles. The molecule has 1 aliphatic heterocycles. The molecule has 2 rings (SSSR count). The fourth-order valence-electron chi connectivity index (χ4n) is 1.52. The van der Waals surface area contributed by atoms with Crippen LogP contribution in [0.25, 0.3) is 0 Å². The molecule has 0 bridgehead atoms. The maximum atomic E-state index is 11.7. The molecule has 6 heteroatoms. The highest BCUT2D eigenvalue weighted by molar-refractivity contribution is 5.70. The van der Waals surface area contributed by atoms with Crippen molar-refractivity contribution in [3.63, 3.8) is 0 Å². The predicted octanol–water partition coefficient (Wildman–Crippen LogP) is 0.457. The largest absolute Gasteiger partial charge is 0.443 e.